The Morgan fingerprint density at radius 2 is 1.85 bits per heavy atom. The Morgan fingerprint density at radius 3 is 2.40 bits per heavy atom. The van der Waals surface area contributed by atoms with E-state index in [2.05, 4.69) is 9.88 Å². The van der Waals surface area contributed by atoms with Crippen molar-refractivity contribution in [1.82, 2.24) is 4.98 Å². The van der Waals surface area contributed by atoms with Crippen LogP contribution in [0.2, 0.25) is 0 Å². The number of nitrogens with zero attached hydrogens (tertiary/aromatic N) is 2. The molecule has 1 aromatic rings. The van der Waals surface area contributed by atoms with Crippen LogP contribution in [-0.2, 0) is 0 Å². The number of carbonyl (C=O) groups is 1. The van der Waals surface area contributed by atoms with Gasteiger partial charge in [0.05, 0.1) is 11.4 Å². The molecule has 1 aliphatic carbocycles. The number of aryl methyl sites for hydroxylation is 2. The van der Waals surface area contributed by atoms with E-state index in [1.54, 1.807) is 6.92 Å². The first-order chi connectivity index (χ1) is 9.50. The minimum atomic E-state index is -0.884. The minimum Gasteiger partial charge on any atom is -0.478 e. The van der Waals surface area contributed by atoms with Crippen LogP contribution in [0.15, 0.2) is 6.07 Å². The molecule has 2 rings (SSSR count). The van der Waals surface area contributed by atoms with Gasteiger partial charge in [0, 0.05) is 18.8 Å². The second-order valence-electron chi connectivity index (χ2n) is 5.80. The number of anilines is 1. The molecule has 0 bridgehead atoms. The zero-order valence-electron chi connectivity index (χ0n) is 12.6. The molecule has 0 spiro atoms. The summed E-state index contributed by atoms with van der Waals surface area (Å²) in [7, 11) is 2.02. The van der Waals surface area contributed by atoms with Crippen molar-refractivity contribution in [1.29, 1.82) is 0 Å². The molecule has 0 aromatic carbocycles. The topological polar surface area (TPSA) is 53.4 Å². The quantitative estimate of drug-likeness (QED) is 0.858. The molecular formula is C16H24N2O2. The van der Waals surface area contributed by atoms with Gasteiger partial charge in [-0.2, -0.15) is 0 Å². The molecule has 1 N–H and O–H groups in total. The molecule has 0 aliphatic heterocycles. The van der Waals surface area contributed by atoms with Gasteiger partial charge in [-0.05, 0) is 32.8 Å². The van der Waals surface area contributed by atoms with Crippen molar-refractivity contribution >= 4 is 11.7 Å². The molecule has 4 nitrogen and oxygen atoms in total. The summed E-state index contributed by atoms with van der Waals surface area (Å²) in [5.74, 6) is -0.884. The summed E-state index contributed by atoms with van der Waals surface area (Å²) in [5, 5.41) is 9.47. The van der Waals surface area contributed by atoms with Crippen LogP contribution in [0.1, 0.15) is 60.3 Å². The summed E-state index contributed by atoms with van der Waals surface area (Å²) in [6.45, 7) is 3.70. The Kier molecular flexibility index (Phi) is 4.63. The summed E-state index contributed by atoms with van der Waals surface area (Å²) in [4.78, 5) is 18.0. The third-order valence-corrected chi connectivity index (χ3v) is 4.27. The molecule has 1 saturated carbocycles. The van der Waals surface area contributed by atoms with Gasteiger partial charge in [0.25, 0.3) is 0 Å². The third-order valence-electron chi connectivity index (χ3n) is 4.27. The molecule has 0 radical (unpaired) electrons. The van der Waals surface area contributed by atoms with Crippen molar-refractivity contribution in [2.24, 2.45) is 0 Å². The zero-order valence-corrected chi connectivity index (χ0v) is 12.6. The van der Waals surface area contributed by atoms with Gasteiger partial charge in [-0.25, -0.2) is 4.79 Å². The lowest BCUT2D eigenvalue weighted by Crippen LogP contribution is -2.32. The van der Waals surface area contributed by atoms with Gasteiger partial charge in [-0.3, -0.25) is 4.98 Å². The molecule has 4 heteroatoms. The average Bonchev–Trinajstić information content (AvgIpc) is 2.65. The van der Waals surface area contributed by atoms with Gasteiger partial charge in [0.15, 0.2) is 0 Å². The summed E-state index contributed by atoms with van der Waals surface area (Å²) < 4.78 is 0. The number of hydrogen-bond donors (Lipinski definition) is 1. The fourth-order valence-corrected chi connectivity index (χ4v) is 3.19. The van der Waals surface area contributed by atoms with Crippen LogP contribution in [0, 0.1) is 13.8 Å². The highest BCUT2D eigenvalue weighted by molar-refractivity contribution is 5.95. The predicted octanol–water partition coefficient (Wildman–Crippen LogP) is 3.56. The van der Waals surface area contributed by atoms with Gasteiger partial charge in [-0.1, -0.05) is 25.7 Å². The van der Waals surface area contributed by atoms with E-state index in [0.717, 1.165) is 24.2 Å². The highest BCUT2D eigenvalue weighted by Crippen LogP contribution is 2.29. The summed E-state index contributed by atoms with van der Waals surface area (Å²) in [6.07, 6.45) is 7.36. The minimum absolute atomic E-state index is 0.349. The van der Waals surface area contributed by atoms with E-state index >= 15 is 0 Å². The maximum Gasteiger partial charge on any atom is 0.339 e. The van der Waals surface area contributed by atoms with E-state index in [9.17, 15) is 9.90 Å². The average molecular weight is 276 g/mol. The van der Waals surface area contributed by atoms with E-state index in [0.29, 0.717) is 17.3 Å². The van der Waals surface area contributed by atoms with Gasteiger partial charge in [0.2, 0.25) is 0 Å². The zero-order chi connectivity index (χ0) is 14.7. The molecule has 0 saturated heterocycles. The van der Waals surface area contributed by atoms with Crippen LogP contribution < -0.4 is 4.90 Å². The Morgan fingerprint density at radius 1 is 1.25 bits per heavy atom. The lowest BCUT2D eigenvalue weighted by Gasteiger charge is -2.31. The number of carboxylic acid groups (broad SMARTS) is 1. The normalized spacial score (nSPS) is 16.8. The first-order valence-electron chi connectivity index (χ1n) is 7.45. The first kappa shape index (κ1) is 14.8. The Labute approximate surface area is 120 Å². The van der Waals surface area contributed by atoms with Gasteiger partial charge < -0.3 is 10.0 Å². The number of rotatable bonds is 3. The van der Waals surface area contributed by atoms with Crippen LogP contribution in [-0.4, -0.2) is 29.1 Å². The molecule has 1 aromatic heterocycles. The highest BCUT2D eigenvalue weighted by atomic mass is 16.4. The second-order valence-corrected chi connectivity index (χ2v) is 5.80. The largest absolute Gasteiger partial charge is 0.478 e. The van der Waals surface area contributed by atoms with Crippen LogP contribution in [0.3, 0.4) is 0 Å². The molecule has 0 unspecified atom stereocenters. The number of aromatic carboxylic acids is 1. The van der Waals surface area contributed by atoms with Crippen molar-refractivity contribution in [3.8, 4) is 0 Å². The Bertz CT molecular complexity index is 491. The summed E-state index contributed by atoms with van der Waals surface area (Å²) >= 11 is 0. The van der Waals surface area contributed by atoms with Crippen molar-refractivity contribution in [3.05, 3.63) is 23.0 Å². The number of aromatic nitrogens is 1. The van der Waals surface area contributed by atoms with Crippen LogP contribution in [0.4, 0.5) is 5.69 Å². The Balaban J connectivity index is 2.37. The monoisotopic (exact) mass is 276 g/mol. The van der Waals surface area contributed by atoms with Crippen LogP contribution >= 0.6 is 0 Å². The van der Waals surface area contributed by atoms with Crippen molar-refractivity contribution in [2.75, 3.05) is 11.9 Å². The van der Waals surface area contributed by atoms with Crippen LogP contribution in [0.5, 0.6) is 0 Å². The Hall–Kier alpha value is -1.58. The first-order valence-corrected chi connectivity index (χ1v) is 7.45. The highest BCUT2D eigenvalue weighted by Gasteiger charge is 2.23. The lowest BCUT2D eigenvalue weighted by molar-refractivity contribution is 0.0696. The number of carboxylic acids is 1. The van der Waals surface area contributed by atoms with Gasteiger partial charge in [-0.15, -0.1) is 0 Å². The van der Waals surface area contributed by atoms with E-state index in [1.807, 2.05) is 20.0 Å². The van der Waals surface area contributed by atoms with Gasteiger partial charge >= 0.3 is 5.97 Å². The molecule has 20 heavy (non-hydrogen) atoms. The van der Waals surface area contributed by atoms with E-state index in [4.69, 9.17) is 0 Å². The van der Waals surface area contributed by atoms with E-state index in [1.165, 1.54) is 25.7 Å². The second kappa shape index (κ2) is 6.25. The van der Waals surface area contributed by atoms with E-state index in [-0.39, 0.29) is 0 Å². The van der Waals surface area contributed by atoms with Crippen molar-refractivity contribution in [3.63, 3.8) is 0 Å². The smallest absolute Gasteiger partial charge is 0.339 e. The fraction of sp³-hybridized carbons (Fsp3) is 0.625. The SMILES string of the molecule is Cc1cc(N(C)C2CCCCCC2)c(C(=O)O)c(C)n1. The summed E-state index contributed by atoms with van der Waals surface area (Å²) in [5.41, 5.74) is 2.65. The van der Waals surface area contributed by atoms with E-state index < -0.39 is 5.97 Å². The molecule has 1 aliphatic rings. The molecule has 0 amide bonds. The maximum absolute atomic E-state index is 11.5. The maximum atomic E-state index is 11.5. The fourth-order valence-electron chi connectivity index (χ4n) is 3.19. The standard InChI is InChI=1S/C16H24N2O2/c1-11-10-14(15(16(19)20)12(2)17-11)18(3)13-8-6-4-5-7-9-13/h10,13H,4-9H2,1-3H3,(H,19,20). The van der Waals surface area contributed by atoms with Gasteiger partial charge in [0.1, 0.15) is 5.56 Å². The number of hydrogen-bond acceptors (Lipinski definition) is 3. The number of pyridine rings is 1. The van der Waals surface area contributed by atoms with Crippen molar-refractivity contribution in [2.45, 2.75) is 58.4 Å². The third kappa shape index (κ3) is 3.11. The van der Waals surface area contributed by atoms with Crippen LogP contribution in [0.25, 0.3) is 0 Å². The molecule has 1 heterocycles. The predicted molar refractivity (Wildman–Crippen MR) is 80.6 cm³/mol. The molecule has 1 fully saturated rings. The molecule has 0 atom stereocenters. The summed E-state index contributed by atoms with van der Waals surface area (Å²) in [6, 6.07) is 2.35. The van der Waals surface area contributed by atoms with Crippen molar-refractivity contribution < 1.29 is 9.90 Å². The lowest BCUT2D eigenvalue weighted by atomic mass is 10.0. The molecular weight excluding hydrogens is 252 g/mol. The molecule has 110 valence electrons.